The molecule has 0 aliphatic carbocycles. The zero-order chi connectivity index (χ0) is 44.5. The fourth-order valence-corrected chi connectivity index (χ4v) is 41.9. The maximum atomic E-state index is 9.27. The molecule has 6 unspecified atom stereocenters. The highest BCUT2D eigenvalue weighted by Crippen LogP contribution is 2.29. The molecule has 0 aromatic carbocycles. The van der Waals surface area contributed by atoms with Crippen LogP contribution in [0.15, 0.2) is 0 Å². The summed E-state index contributed by atoms with van der Waals surface area (Å²) in [6.07, 6.45) is 1.48. The minimum Gasteiger partial charge on any atom is -0.437 e. The molecule has 2 N–H and O–H groups in total. The van der Waals surface area contributed by atoms with Crippen LogP contribution in [0.1, 0.15) is 48.0 Å². The summed E-state index contributed by atoms with van der Waals surface area (Å²) in [6.45, 7) is 50.4. The molecule has 1 aliphatic rings. The van der Waals surface area contributed by atoms with Gasteiger partial charge in [-0.05, 0) is 170 Å². The van der Waals surface area contributed by atoms with Crippen molar-refractivity contribution in [3.8, 4) is 0 Å². The summed E-state index contributed by atoms with van der Waals surface area (Å²) in [5.41, 5.74) is 0. The molecule has 1 heterocycles. The lowest BCUT2D eigenvalue weighted by atomic mass is 10.4. The summed E-state index contributed by atoms with van der Waals surface area (Å²) in [4.78, 5) is 0. The van der Waals surface area contributed by atoms with Crippen molar-refractivity contribution in [2.75, 3.05) is 39.6 Å². The summed E-state index contributed by atoms with van der Waals surface area (Å²) in [6, 6.07) is 1.79. The second-order valence-corrected chi connectivity index (χ2v) is 53.4. The van der Waals surface area contributed by atoms with Crippen LogP contribution >= 0.6 is 0 Å². The third-order valence-electron chi connectivity index (χ3n) is 6.74. The number of rotatable bonds is 27. The van der Waals surface area contributed by atoms with Crippen LogP contribution < -0.4 is 0 Å². The molecule has 0 aromatic rings. The van der Waals surface area contributed by atoms with Crippen LogP contribution in [0.25, 0.3) is 0 Å². The molecule has 348 valence electrons. The molecule has 1 aliphatic heterocycles. The van der Waals surface area contributed by atoms with Gasteiger partial charge >= 0.3 is 34.2 Å². The third kappa shape index (κ3) is 43.7. The van der Waals surface area contributed by atoms with Crippen molar-refractivity contribution in [1.82, 2.24) is 0 Å². The Morgan fingerprint density at radius 1 is 0.509 bits per heavy atom. The molecule has 1 rings (SSSR count). The van der Waals surface area contributed by atoms with Gasteiger partial charge in [0.2, 0.25) is 0 Å². The molecule has 0 amide bonds. The van der Waals surface area contributed by atoms with E-state index < -0.39 is 79.7 Å². The predicted molar refractivity (Wildman–Crippen MR) is 260 cm³/mol. The largest absolute Gasteiger partial charge is 0.437 e. The van der Waals surface area contributed by atoms with Crippen LogP contribution in [-0.2, 0) is 43.6 Å². The van der Waals surface area contributed by atoms with Crippen molar-refractivity contribution < 1.29 is 53.9 Å². The van der Waals surface area contributed by atoms with E-state index >= 15 is 0 Å². The molecule has 6 atom stereocenters. The van der Waals surface area contributed by atoms with Crippen LogP contribution in [0.2, 0.25) is 130 Å². The quantitative estimate of drug-likeness (QED) is 0.0461. The van der Waals surface area contributed by atoms with Crippen LogP contribution in [0.3, 0.4) is 0 Å². The Bertz CT molecular complexity index is 1030. The van der Waals surface area contributed by atoms with E-state index in [1.54, 1.807) is 13.8 Å². The van der Waals surface area contributed by atoms with Crippen LogP contribution in [0, 0.1) is 0 Å². The number of hydrogen-bond acceptors (Lipinski definition) is 12. The molecular weight excluding hydrogens is 861 g/mol. The molecule has 1 saturated heterocycles. The van der Waals surface area contributed by atoms with Gasteiger partial charge in [0, 0.05) is 13.2 Å². The SMILES string of the molecule is C.CC(O)COC(C)COCCC[Si](C)(O[Si](C)(C)C)O[Si](C)(C)O[Si](C)(C)C.CC(O)COCCC[Si](C)(O[Si](C)(C)C)O[Si](C)(C)O[Si](C)(C)C.CC1CO1. The lowest BCUT2D eigenvalue weighted by molar-refractivity contribution is -0.0364. The van der Waals surface area contributed by atoms with Crippen molar-refractivity contribution in [2.45, 2.75) is 202 Å². The van der Waals surface area contributed by atoms with E-state index in [2.05, 4.69) is 125 Å². The van der Waals surface area contributed by atoms with E-state index in [9.17, 15) is 10.2 Å². The Labute approximate surface area is 361 Å². The maximum Gasteiger partial charge on any atom is 0.315 e. The highest BCUT2D eigenvalue weighted by atomic mass is 28.5. The van der Waals surface area contributed by atoms with Gasteiger partial charge in [0.1, 0.15) is 0 Å². The van der Waals surface area contributed by atoms with Gasteiger partial charge in [-0.2, -0.15) is 0 Å². The van der Waals surface area contributed by atoms with E-state index in [1.165, 1.54) is 0 Å². The van der Waals surface area contributed by atoms with Crippen molar-refractivity contribution in [1.29, 1.82) is 0 Å². The van der Waals surface area contributed by atoms with Gasteiger partial charge < -0.3 is 53.9 Å². The average molecular weight is 958 g/mol. The fourth-order valence-electron chi connectivity index (χ4n) is 6.04. The van der Waals surface area contributed by atoms with Gasteiger partial charge in [0.15, 0.2) is 33.3 Å². The minimum atomic E-state index is -2.35. The molecule has 0 radical (unpaired) electrons. The average Bonchev–Trinajstić information content (AvgIpc) is 3.68. The maximum absolute atomic E-state index is 9.27. The van der Waals surface area contributed by atoms with Gasteiger partial charge in [-0.25, -0.2) is 0 Å². The minimum absolute atomic E-state index is 0. The summed E-state index contributed by atoms with van der Waals surface area (Å²) in [5.74, 6) is 0. The summed E-state index contributed by atoms with van der Waals surface area (Å²) < 4.78 is 60.6. The second-order valence-electron chi connectivity index (χ2n) is 20.5. The third-order valence-corrected chi connectivity index (χ3v) is 33.8. The summed E-state index contributed by atoms with van der Waals surface area (Å²) in [5, 5.41) is 18.5. The molecule has 12 nitrogen and oxygen atoms in total. The summed E-state index contributed by atoms with van der Waals surface area (Å²) >= 11 is 0. The zero-order valence-electron chi connectivity index (χ0n) is 40.4. The number of aliphatic hydroxyl groups is 2. The van der Waals surface area contributed by atoms with Crippen LogP contribution in [0.5, 0.6) is 0 Å². The van der Waals surface area contributed by atoms with Crippen molar-refractivity contribution in [3.05, 3.63) is 0 Å². The van der Waals surface area contributed by atoms with E-state index in [0.717, 1.165) is 31.5 Å². The zero-order valence-corrected chi connectivity index (χ0v) is 48.4. The number of aliphatic hydroxyl groups excluding tert-OH is 2. The molecule has 20 heteroatoms. The number of hydrogen-bond donors (Lipinski definition) is 2. The van der Waals surface area contributed by atoms with E-state index in [1.807, 2.05) is 6.92 Å². The standard InChI is InChI=1S/C18H46O6Si4.C15H40O5Si4.C3H6O.CH4/c1-17(19)15-21-18(2)16-20-13-12-14-28(11,23-26(6,7)8)24-27(9,10)22-25(3,4)5;1-15(16)14-17-12-11-13-24(10,19-22(5,6)7)20-23(8,9)18-21(2,3)4;1-3-2-4-3;/h17-19H,12-16H2,1-11H3;15-16H,11-14H2,1-10H3;3H,2H2,1H3;1H4. The molecule has 1 fully saturated rings. The highest BCUT2D eigenvalue weighted by molar-refractivity contribution is 6.90. The Morgan fingerprint density at radius 2 is 0.807 bits per heavy atom. The Hall–Kier alpha value is 1.26. The smallest absolute Gasteiger partial charge is 0.315 e. The molecule has 57 heavy (non-hydrogen) atoms. The first-order valence-electron chi connectivity index (χ1n) is 20.8. The number of epoxide rings is 1. The first-order chi connectivity index (χ1) is 24.9. The highest BCUT2D eigenvalue weighted by Gasteiger charge is 2.45. The lowest BCUT2D eigenvalue weighted by Gasteiger charge is -2.41. The van der Waals surface area contributed by atoms with Crippen molar-refractivity contribution in [2.24, 2.45) is 0 Å². The molecule has 0 spiro atoms. The fraction of sp³-hybridized carbons (Fsp3) is 1.00. The number of ether oxygens (including phenoxy) is 4. The van der Waals surface area contributed by atoms with Crippen molar-refractivity contribution >= 4 is 67.5 Å². The van der Waals surface area contributed by atoms with Gasteiger partial charge in [0.25, 0.3) is 0 Å². The monoisotopic (exact) mass is 957 g/mol. The first-order valence-corrected chi connectivity index (χ1v) is 45.1. The van der Waals surface area contributed by atoms with E-state index in [4.69, 9.17) is 43.6 Å². The Morgan fingerprint density at radius 3 is 1.07 bits per heavy atom. The Kier molecular flexibility index (Phi) is 30.1. The summed E-state index contributed by atoms with van der Waals surface area (Å²) in [7, 11) is -15.9. The van der Waals surface area contributed by atoms with E-state index in [-0.39, 0.29) is 13.5 Å². The van der Waals surface area contributed by atoms with Gasteiger partial charge in [-0.15, -0.1) is 0 Å². The molecule has 0 bridgehead atoms. The second kappa shape index (κ2) is 27.4. The van der Waals surface area contributed by atoms with Crippen molar-refractivity contribution in [3.63, 3.8) is 0 Å². The first kappa shape index (κ1) is 62.5. The lowest BCUT2D eigenvalue weighted by Crippen LogP contribution is -2.56. The molecule has 0 saturated carbocycles. The molecular formula is C37H96O12Si8. The van der Waals surface area contributed by atoms with Crippen LogP contribution in [-0.4, -0.2) is 142 Å². The normalized spacial score (nSPS) is 19.1. The van der Waals surface area contributed by atoms with Gasteiger partial charge in [0.05, 0.1) is 50.8 Å². The topological polar surface area (TPSA) is 136 Å². The van der Waals surface area contributed by atoms with Gasteiger partial charge in [-0.3, -0.25) is 0 Å². The van der Waals surface area contributed by atoms with E-state index in [0.29, 0.717) is 39.1 Å². The van der Waals surface area contributed by atoms with Crippen LogP contribution in [0.4, 0.5) is 0 Å². The molecule has 0 aromatic heterocycles. The van der Waals surface area contributed by atoms with Gasteiger partial charge in [-0.1, -0.05) is 7.43 Å². The Balaban J connectivity index is -0.000000920. The predicted octanol–water partition coefficient (Wildman–Crippen LogP) is 9.98.